The highest BCUT2D eigenvalue weighted by Gasteiger charge is 2.36. The smallest absolute Gasteiger partial charge is 0.406 e. The van der Waals surface area contributed by atoms with Crippen molar-refractivity contribution in [2.45, 2.75) is 59.0 Å². The zero-order chi connectivity index (χ0) is 24.6. The number of anilines is 2. The molecule has 1 amide bonds. The van der Waals surface area contributed by atoms with Crippen LogP contribution in [-0.2, 0) is 16.9 Å². The summed E-state index contributed by atoms with van der Waals surface area (Å²) in [5.41, 5.74) is -0.392. The van der Waals surface area contributed by atoms with Crippen LogP contribution in [-0.4, -0.2) is 28.9 Å². The molecule has 1 aromatic heterocycles. The average Bonchev–Trinajstić information content (AvgIpc) is 2.64. The molecule has 2 N–H and O–H groups in total. The fourth-order valence-electron chi connectivity index (χ4n) is 3.63. The van der Waals surface area contributed by atoms with E-state index < -0.39 is 17.8 Å². The lowest BCUT2D eigenvalue weighted by Gasteiger charge is -2.38. The molecule has 2 heterocycles. The number of ether oxygens (including phenoxy) is 1. The molecule has 180 valence electrons. The fraction of sp³-hybridized carbons (Fsp3) is 0.478. The number of rotatable bonds is 5. The molecule has 0 radical (unpaired) electrons. The second kappa shape index (κ2) is 8.81. The van der Waals surface area contributed by atoms with Gasteiger partial charge in [0.15, 0.2) is 11.6 Å². The van der Waals surface area contributed by atoms with E-state index in [-0.39, 0.29) is 41.5 Å². The van der Waals surface area contributed by atoms with Crippen LogP contribution in [0.25, 0.3) is 0 Å². The first-order chi connectivity index (χ1) is 15.1. The first-order valence-electron chi connectivity index (χ1n) is 10.5. The van der Waals surface area contributed by atoms with Gasteiger partial charge in [-0.25, -0.2) is 9.37 Å². The maximum Gasteiger partial charge on any atom is 0.573 e. The number of nitrogens with one attached hydrogen (secondary N) is 1. The van der Waals surface area contributed by atoms with Crippen LogP contribution in [0.2, 0.25) is 0 Å². The van der Waals surface area contributed by atoms with Gasteiger partial charge in [-0.1, -0.05) is 32.9 Å². The lowest BCUT2D eigenvalue weighted by atomic mass is 9.91. The number of fused-ring (bicyclic) bond motifs is 1. The van der Waals surface area contributed by atoms with E-state index in [4.69, 9.17) is 0 Å². The lowest BCUT2D eigenvalue weighted by molar-refractivity contribution is -0.274. The maximum absolute atomic E-state index is 14.8. The molecule has 0 fully saturated rings. The lowest BCUT2D eigenvalue weighted by Crippen LogP contribution is -2.39. The molecule has 6 nitrogen and oxygen atoms in total. The molecular weight excluding hydrogens is 442 g/mol. The van der Waals surface area contributed by atoms with Crippen molar-refractivity contribution in [3.63, 3.8) is 0 Å². The van der Waals surface area contributed by atoms with Gasteiger partial charge in [-0.05, 0) is 36.5 Å². The number of hydrogen-bond donors (Lipinski definition) is 2. The van der Waals surface area contributed by atoms with Crippen LogP contribution in [0.4, 0.5) is 29.1 Å². The number of hydrogen-bond acceptors (Lipinski definition) is 5. The molecular formula is C23H27F4N3O3. The van der Waals surface area contributed by atoms with Crippen molar-refractivity contribution in [3.8, 4) is 5.75 Å². The van der Waals surface area contributed by atoms with Gasteiger partial charge in [0, 0.05) is 25.6 Å². The Kier molecular flexibility index (Phi) is 6.61. The predicted molar refractivity (Wildman–Crippen MR) is 115 cm³/mol. The number of aliphatic hydroxyl groups is 1. The highest BCUT2D eigenvalue weighted by molar-refractivity contribution is 5.90. The molecule has 0 spiro atoms. The van der Waals surface area contributed by atoms with Crippen LogP contribution in [0, 0.1) is 11.2 Å². The molecule has 33 heavy (non-hydrogen) atoms. The Morgan fingerprint density at radius 3 is 2.45 bits per heavy atom. The Bertz CT molecular complexity index is 1020. The van der Waals surface area contributed by atoms with Gasteiger partial charge in [0.25, 0.3) is 0 Å². The van der Waals surface area contributed by atoms with Crippen LogP contribution in [0.3, 0.4) is 0 Å². The zero-order valence-electron chi connectivity index (χ0n) is 18.9. The van der Waals surface area contributed by atoms with E-state index in [1.165, 1.54) is 30.3 Å². The van der Waals surface area contributed by atoms with E-state index in [1.807, 2.05) is 20.8 Å². The zero-order valence-corrected chi connectivity index (χ0v) is 18.9. The van der Waals surface area contributed by atoms with E-state index >= 15 is 0 Å². The quantitative estimate of drug-likeness (QED) is 0.596. The van der Waals surface area contributed by atoms with Crippen LogP contribution in [0.15, 0.2) is 30.3 Å². The number of benzene rings is 1. The molecule has 1 unspecified atom stereocenters. The molecule has 0 saturated carbocycles. The highest BCUT2D eigenvalue weighted by atomic mass is 19.4. The largest absolute Gasteiger partial charge is 0.573 e. The molecule has 1 aromatic carbocycles. The average molecular weight is 469 g/mol. The molecule has 1 aliphatic heterocycles. The fourth-order valence-corrected chi connectivity index (χ4v) is 3.63. The Morgan fingerprint density at radius 1 is 1.24 bits per heavy atom. The summed E-state index contributed by atoms with van der Waals surface area (Å²) < 4.78 is 55.8. The van der Waals surface area contributed by atoms with Crippen LogP contribution in [0.5, 0.6) is 5.75 Å². The number of alkyl halides is 3. The third-order valence-corrected chi connectivity index (χ3v) is 5.15. The van der Waals surface area contributed by atoms with Crippen molar-refractivity contribution in [3.05, 3.63) is 47.4 Å². The summed E-state index contributed by atoms with van der Waals surface area (Å²) >= 11 is 0. The van der Waals surface area contributed by atoms with Crippen LogP contribution >= 0.6 is 0 Å². The Labute approximate surface area is 189 Å². The van der Waals surface area contributed by atoms with Gasteiger partial charge in [-0.3, -0.25) is 4.79 Å². The Balaban J connectivity index is 1.84. The molecule has 2 aromatic rings. The van der Waals surface area contributed by atoms with E-state index in [2.05, 4.69) is 15.0 Å². The normalized spacial score (nSPS) is 18.6. The minimum Gasteiger partial charge on any atom is -0.406 e. The molecule has 1 aliphatic rings. The second-order valence-corrected chi connectivity index (χ2v) is 9.61. The van der Waals surface area contributed by atoms with Crippen molar-refractivity contribution in [2.24, 2.45) is 5.41 Å². The van der Waals surface area contributed by atoms with Gasteiger partial charge >= 0.3 is 6.36 Å². The molecule has 0 aliphatic carbocycles. The minimum atomic E-state index is -4.78. The van der Waals surface area contributed by atoms with Crippen molar-refractivity contribution in [2.75, 3.05) is 16.8 Å². The van der Waals surface area contributed by atoms with E-state index in [1.54, 1.807) is 11.8 Å². The first kappa shape index (κ1) is 24.8. The van der Waals surface area contributed by atoms with Gasteiger partial charge in [0.05, 0.1) is 11.4 Å². The molecule has 3 rings (SSSR count). The van der Waals surface area contributed by atoms with Crippen LogP contribution in [0.1, 0.15) is 51.8 Å². The number of nitrogens with zero attached hydrogens (tertiary/aromatic N) is 2. The number of carbonyl (C=O) groups is 1. The SMILES string of the molecule is CC(C)(C)CC(=O)Nc1nc2c(cc1F)N(Cc1ccc(OC(F)(F)F)cc1)CCC2(C)O. The number of amides is 1. The monoisotopic (exact) mass is 469 g/mol. The molecule has 10 heteroatoms. The predicted octanol–water partition coefficient (Wildman–Crippen LogP) is 5.11. The topological polar surface area (TPSA) is 74.7 Å². The maximum atomic E-state index is 14.8. The van der Waals surface area contributed by atoms with Crippen molar-refractivity contribution >= 4 is 17.4 Å². The summed E-state index contributed by atoms with van der Waals surface area (Å²) in [5, 5.41) is 13.3. The summed E-state index contributed by atoms with van der Waals surface area (Å²) in [6.45, 7) is 7.84. The van der Waals surface area contributed by atoms with Crippen molar-refractivity contribution in [1.29, 1.82) is 0 Å². The summed E-state index contributed by atoms with van der Waals surface area (Å²) in [6.07, 6.45) is -4.31. The van der Waals surface area contributed by atoms with Gasteiger partial charge in [0.2, 0.25) is 5.91 Å². The van der Waals surface area contributed by atoms with E-state index in [0.29, 0.717) is 24.2 Å². The number of halogens is 4. The van der Waals surface area contributed by atoms with Gasteiger partial charge in [-0.15, -0.1) is 13.2 Å². The number of carbonyl (C=O) groups excluding carboxylic acids is 1. The molecule has 1 atom stereocenters. The van der Waals surface area contributed by atoms with Gasteiger partial charge in [0.1, 0.15) is 11.4 Å². The Hall–Kier alpha value is -2.88. The summed E-state index contributed by atoms with van der Waals surface area (Å²) in [7, 11) is 0. The van der Waals surface area contributed by atoms with Gasteiger partial charge < -0.3 is 20.1 Å². The molecule has 0 bridgehead atoms. The second-order valence-electron chi connectivity index (χ2n) is 9.61. The number of pyridine rings is 1. The molecule has 0 saturated heterocycles. The summed E-state index contributed by atoms with van der Waals surface area (Å²) in [6, 6.07) is 6.59. The van der Waals surface area contributed by atoms with E-state index in [0.717, 1.165) is 0 Å². The standard InChI is InChI=1S/C23H27F4N3O3/c1-21(2,3)12-18(31)28-20-16(24)11-17-19(29-20)22(4,32)9-10-30(17)13-14-5-7-15(8-6-14)33-23(25,26)27/h5-8,11,32H,9-10,12-13H2,1-4H3,(H,28,29,31). The first-order valence-corrected chi connectivity index (χ1v) is 10.5. The van der Waals surface area contributed by atoms with Crippen molar-refractivity contribution in [1.82, 2.24) is 4.98 Å². The van der Waals surface area contributed by atoms with Gasteiger partial charge in [-0.2, -0.15) is 0 Å². The van der Waals surface area contributed by atoms with E-state index in [9.17, 15) is 27.5 Å². The Morgan fingerprint density at radius 2 is 1.88 bits per heavy atom. The number of aromatic nitrogens is 1. The van der Waals surface area contributed by atoms with Crippen LogP contribution < -0.4 is 15.0 Å². The third kappa shape index (κ3) is 6.56. The summed E-state index contributed by atoms with van der Waals surface area (Å²) in [4.78, 5) is 18.3. The highest BCUT2D eigenvalue weighted by Crippen LogP contribution is 2.39. The minimum absolute atomic E-state index is 0.168. The third-order valence-electron chi connectivity index (χ3n) is 5.15. The van der Waals surface area contributed by atoms with Crippen molar-refractivity contribution < 1.29 is 32.2 Å². The summed E-state index contributed by atoms with van der Waals surface area (Å²) in [5.74, 6) is -1.72.